The van der Waals surface area contributed by atoms with Crippen LogP contribution in [0.15, 0.2) is 30.3 Å². The lowest BCUT2D eigenvalue weighted by molar-refractivity contribution is 0.0839. The van der Waals surface area contributed by atoms with Gasteiger partial charge in [-0.3, -0.25) is 4.79 Å². The second kappa shape index (κ2) is 5.80. The Morgan fingerprint density at radius 3 is 2.12 bits per heavy atom. The van der Waals surface area contributed by atoms with E-state index in [9.17, 15) is 4.79 Å². The summed E-state index contributed by atoms with van der Waals surface area (Å²) in [4.78, 5) is 12.5. The second-order valence-electron chi connectivity index (χ2n) is 4.01. The third kappa shape index (κ3) is 2.50. The number of likely N-dealkylation sites (N-methyl/N-ethyl adjacent to an activating group) is 1. The smallest absolute Gasteiger partial charge is 0.182 e. The Hall–Kier alpha value is -1.15. The maximum Gasteiger partial charge on any atom is 0.182 e. The Morgan fingerprint density at radius 2 is 1.69 bits per heavy atom. The molecule has 0 aliphatic heterocycles. The summed E-state index contributed by atoms with van der Waals surface area (Å²) in [5, 5.41) is 3.34. The van der Waals surface area contributed by atoms with E-state index in [0.29, 0.717) is 0 Å². The van der Waals surface area contributed by atoms with Crippen LogP contribution < -0.4 is 5.32 Å². The summed E-state index contributed by atoms with van der Waals surface area (Å²) in [5.41, 5.74) is 0.406. The molecule has 2 nitrogen and oxygen atoms in total. The Morgan fingerprint density at radius 1 is 1.12 bits per heavy atom. The van der Waals surface area contributed by atoms with Crippen LogP contribution in [0.1, 0.15) is 44.0 Å². The summed E-state index contributed by atoms with van der Waals surface area (Å²) in [7, 11) is 0. The minimum Gasteiger partial charge on any atom is -0.305 e. The molecule has 0 fully saturated rings. The molecule has 0 spiro atoms. The zero-order valence-electron chi connectivity index (χ0n) is 10.4. The van der Waals surface area contributed by atoms with Crippen molar-refractivity contribution in [3.05, 3.63) is 35.9 Å². The summed E-state index contributed by atoms with van der Waals surface area (Å²) in [6.07, 6.45) is 1.65. The van der Waals surface area contributed by atoms with E-state index in [1.54, 1.807) is 0 Å². The monoisotopic (exact) mass is 219 g/mol. The summed E-state index contributed by atoms with van der Waals surface area (Å²) in [6, 6.07) is 9.54. The van der Waals surface area contributed by atoms with Gasteiger partial charge in [-0.1, -0.05) is 51.1 Å². The number of carbonyl (C=O) groups is 1. The summed E-state index contributed by atoms with van der Waals surface area (Å²) < 4.78 is 0. The molecule has 0 aliphatic carbocycles. The highest BCUT2D eigenvalue weighted by Gasteiger charge is 2.33. The fourth-order valence-electron chi connectivity index (χ4n) is 2.11. The molecule has 16 heavy (non-hydrogen) atoms. The van der Waals surface area contributed by atoms with Gasteiger partial charge in [0, 0.05) is 5.56 Å². The van der Waals surface area contributed by atoms with Gasteiger partial charge in [-0.2, -0.15) is 0 Å². The van der Waals surface area contributed by atoms with E-state index in [1.165, 1.54) is 0 Å². The van der Waals surface area contributed by atoms with E-state index >= 15 is 0 Å². The molecule has 1 rings (SSSR count). The molecular weight excluding hydrogens is 198 g/mol. The molecule has 0 heterocycles. The van der Waals surface area contributed by atoms with Gasteiger partial charge in [0.25, 0.3) is 0 Å². The minimum atomic E-state index is -0.393. The zero-order chi connectivity index (χ0) is 12.0. The fraction of sp³-hybridized carbons (Fsp3) is 0.500. The second-order valence-corrected chi connectivity index (χ2v) is 4.01. The Kier molecular flexibility index (Phi) is 4.69. The van der Waals surface area contributed by atoms with E-state index in [-0.39, 0.29) is 5.78 Å². The molecule has 0 radical (unpaired) electrons. The van der Waals surface area contributed by atoms with Crippen molar-refractivity contribution < 1.29 is 4.79 Å². The third-order valence-electron chi connectivity index (χ3n) is 3.19. The van der Waals surface area contributed by atoms with Crippen molar-refractivity contribution in [2.45, 2.75) is 39.2 Å². The minimum absolute atomic E-state index is 0.208. The van der Waals surface area contributed by atoms with Crippen LogP contribution in [0.25, 0.3) is 0 Å². The van der Waals surface area contributed by atoms with Crippen molar-refractivity contribution >= 4 is 5.78 Å². The molecular formula is C14H21NO. The van der Waals surface area contributed by atoms with Crippen LogP contribution in [0.4, 0.5) is 0 Å². The molecule has 0 unspecified atom stereocenters. The summed E-state index contributed by atoms with van der Waals surface area (Å²) in [6.45, 7) is 6.98. The molecule has 1 aromatic rings. The van der Waals surface area contributed by atoms with Crippen LogP contribution in [0.2, 0.25) is 0 Å². The van der Waals surface area contributed by atoms with Gasteiger partial charge in [0.15, 0.2) is 5.78 Å². The van der Waals surface area contributed by atoms with Crippen molar-refractivity contribution in [1.29, 1.82) is 0 Å². The van der Waals surface area contributed by atoms with E-state index < -0.39 is 5.54 Å². The van der Waals surface area contributed by atoms with E-state index in [4.69, 9.17) is 0 Å². The Balaban J connectivity index is 3.00. The lowest BCUT2D eigenvalue weighted by Crippen LogP contribution is -2.51. The average molecular weight is 219 g/mol. The van der Waals surface area contributed by atoms with Crippen molar-refractivity contribution in [3.8, 4) is 0 Å². The molecule has 0 saturated heterocycles. The Bertz CT molecular complexity index is 328. The van der Waals surface area contributed by atoms with Gasteiger partial charge in [0.2, 0.25) is 0 Å². The quantitative estimate of drug-likeness (QED) is 0.745. The molecule has 0 amide bonds. The van der Waals surface area contributed by atoms with E-state index in [0.717, 1.165) is 24.9 Å². The van der Waals surface area contributed by atoms with E-state index in [2.05, 4.69) is 19.2 Å². The molecule has 0 bridgehead atoms. The van der Waals surface area contributed by atoms with Crippen LogP contribution in [-0.2, 0) is 0 Å². The molecule has 1 N–H and O–H groups in total. The molecule has 1 aromatic carbocycles. The molecule has 0 aromatic heterocycles. The molecule has 0 atom stereocenters. The topological polar surface area (TPSA) is 29.1 Å². The molecule has 2 heteroatoms. The maximum atomic E-state index is 12.5. The van der Waals surface area contributed by atoms with Crippen molar-refractivity contribution in [2.24, 2.45) is 0 Å². The summed E-state index contributed by atoms with van der Waals surface area (Å²) >= 11 is 0. The first kappa shape index (κ1) is 12.9. The van der Waals surface area contributed by atoms with Crippen molar-refractivity contribution in [3.63, 3.8) is 0 Å². The highest BCUT2D eigenvalue weighted by molar-refractivity contribution is 6.03. The fourth-order valence-corrected chi connectivity index (χ4v) is 2.11. The number of ketones is 1. The van der Waals surface area contributed by atoms with Gasteiger partial charge >= 0.3 is 0 Å². The van der Waals surface area contributed by atoms with Gasteiger partial charge in [-0.05, 0) is 19.4 Å². The number of hydrogen-bond acceptors (Lipinski definition) is 2. The van der Waals surface area contributed by atoms with Gasteiger partial charge in [-0.15, -0.1) is 0 Å². The number of hydrogen-bond donors (Lipinski definition) is 1. The molecule has 88 valence electrons. The van der Waals surface area contributed by atoms with Gasteiger partial charge < -0.3 is 5.32 Å². The average Bonchev–Trinajstić information content (AvgIpc) is 2.36. The van der Waals surface area contributed by atoms with Crippen molar-refractivity contribution in [1.82, 2.24) is 5.32 Å². The highest BCUT2D eigenvalue weighted by Crippen LogP contribution is 2.21. The van der Waals surface area contributed by atoms with E-state index in [1.807, 2.05) is 37.3 Å². The van der Waals surface area contributed by atoms with Crippen LogP contribution in [-0.4, -0.2) is 17.9 Å². The van der Waals surface area contributed by atoms with Crippen LogP contribution in [0.5, 0.6) is 0 Å². The normalized spacial score (nSPS) is 11.4. The standard InChI is InChI=1S/C14H21NO/c1-4-14(5-2,15-6-3)13(16)12-10-8-7-9-11-12/h7-11,15H,4-6H2,1-3H3. The largest absolute Gasteiger partial charge is 0.305 e. The number of rotatable bonds is 6. The molecule has 0 aliphatic rings. The first-order valence-electron chi connectivity index (χ1n) is 6.05. The number of Topliss-reactive ketones (excluding diaryl/α,β-unsaturated/α-hetero) is 1. The Labute approximate surface area is 98.1 Å². The van der Waals surface area contributed by atoms with Crippen molar-refractivity contribution in [2.75, 3.05) is 6.54 Å². The predicted molar refractivity (Wildman–Crippen MR) is 67.8 cm³/mol. The highest BCUT2D eigenvalue weighted by atomic mass is 16.1. The van der Waals surface area contributed by atoms with Crippen LogP contribution in [0, 0.1) is 0 Å². The molecule has 0 saturated carbocycles. The number of nitrogens with one attached hydrogen (secondary N) is 1. The first-order chi connectivity index (χ1) is 7.70. The zero-order valence-corrected chi connectivity index (χ0v) is 10.4. The maximum absolute atomic E-state index is 12.5. The van der Waals surface area contributed by atoms with Gasteiger partial charge in [0.1, 0.15) is 0 Å². The first-order valence-corrected chi connectivity index (χ1v) is 6.05. The number of carbonyl (C=O) groups excluding carboxylic acids is 1. The van der Waals surface area contributed by atoms with Crippen LogP contribution in [0.3, 0.4) is 0 Å². The predicted octanol–water partition coefficient (Wildman–Crippen LogP) is 3.04. The number of benzene rings is 1. The van der Waals surface area contributed by atoms with Gasteiger partial charge in [0.05, 0.1) is 5.54 Å². The summed E-state index contributed by atoms with van der Waals surface area (Å²) in [5.74, 6) is 0.208. The van der Waals surface area contributed by atoms with Gasteiger partial charge in [-0.25, -0.2) is 0 Å². The third-order valence-corrected chi connectivity index (χ3v) is 3.19. The van der Waals surface area contributed by atoms with Crippen LogP contribution >= 0.6 is 0 Å². The lowest BCUT2D eigenvalue weighted by atomic mass is 9.84. The lowest BCUT2D eigenvalue weighted by Gasteiger charge is -2.31. The SMILES string of the molecule is CCNC(CC)(CC)C(=O)c1ccccc1.